The molecule has 0 aromatic rings. The molecule has 0 aliphatic rings. The molecule has 3 heteroatoms. The quantitative estimate of drug-likeness (QED) is 0.715. The molecule has 80 valence electrons. The van der Waals surface area contributed by atoms with Crippen molar-refractivity contribution in [1.29, 1.82) is 0 Å². The predicted octanol–water partition coefficient (Wildman–Crippen LogP) is 2.25. The summed E-state index contributed by atoms with van der Waals surface area (Å²) in [6.45, 7) is 10.2. The molecule has 0 amide bonds. The Morgan fingerprint density at radius 2 is 1.77 bits per heavy atom. The minimum atomic E-state index is -0.711. The molecule has 0 saturated carbocycles. The van der Waals surface area contributed by atoms with Crippen molar-refractivity contribution in [3.63, 3.8) is 0 Å². The first kappa shape index (κ1) is 14.9. The van der Waals surface area contributed by atoms with E-state index in [0.717, 1.165) is 6.42 Å². The van der Waals surface area contributed by atoms with Gasteiger partial charge in [0.1, 0.15) is 0 Å². The highest BCUT2D eigenvalue weighted by molar-refractivity contribution is 5.66. The summed E-state index contributed by atoms with van der Waals surface area (Å²) < 4.78 is 0. The summed E-state index contributed by atoms with van der Waals surface area (Å²) >= 11 is 0. The highest BCUT2D eigenvalue weighted by Gasteiger charge is 2.14. The van der Waals surface area contributed by atoms with E-state index in [2.05, 4.69) is 13.8 Å². The molecule has 0 heterocycles. The number of nitrogens with two attached hydrogens (primary N) is 1. The van der Waals surface area contributed by atoms with Crippen molar-refractivity contribution in [2.75, 3.05) is 0 Å². The van der Waals surface area contributed by atoms with Crippen LogP contribution in [0.2, 0.25) is 0 Å². The van der Waals surface area contributed by atoms with E-state index in [1.165, 1.54) is 0 Å². The molecule has 0 aliphatic heterocycles. The highest BCUT2D eigenvalue weighted by atomic mass is 16.4. The maximum Gasteiger partial charge on any atom is 0.303 e. The van der Waals surface area contributed by atoms with E-state index in [0.29, 0.717) is 12.3 Å². The average molecular weight is 189 g/mol. The molecular formula is C10H23NO2. The zero-order valence-corrected chi connectivity index (χ0v) is 9.42. The molecule has 0 aliphatic carbocycles. The maximum absolute atomic E-state index is 9.60. The number of carboxylic acid groups (broad SMARTS) is 1. The van der Waals surface area contributed by atoms with Crippen LogP contribution in [0.4, 0.5) is 0 Å². The summed E-state index contributed by atoms with van der Waals surface area (Å²) in [7, 11) is 0. The van der Waals surface area contributed by atoms with Crippen LogP contribution in [0.15, 0.2) is 0 Å². The molecule has 0 rings (SSSR count). The van der Waals surface area contributed by atoms with E-state index in [-0.39, 0.29) is 5.54 Å². The predicted molar refractivity (Wildman–Crippen MR) is 55.6 cm³/mol. The van der Waals surface area contributed by atoms with E-state index < -0.39 is 5.97 Å². The van der Waals surface area contributed by atoms with Gasteiger partial charge in [-0.05, 0) is 26.2 Å². The first-order valence-corrected chi connectivity index (χ1v) is 4.72. The van der Waals surface area contributed by atoms with E-state index in [9.17, 15) is 4.79 Å². The van der Waals surface area contributed by atoms with Gasteiger partial charge in [0.25, 0.3) is 0 Å². The van der Waals surface area contributed by atoms with Crippen molar-refractivity contribution >= 4 is 5.97 Å². The number of hydrogen-bond donors (Lipinski definition) is 2. The lowest BCUT2D eigenvalue weighted by atomic mass is 9.92. The van der Waals surface area contributed by atoms with Gasteiger partial charge < -0.3 is 10.8 Å². The van der Waals surface area contributed by atoms with Crippen molar-refractivity contribution < 1.29 is 9.90 Å². The van der Waals surface area contributed by atoms with Gasteiger partial charge in [-0.2, -0.15) is 0 Å². The third-order valence-corrected chi connectivity index (χ3v) is 1.95. The first-order valence-electron chi connectivity index (χ1n) is 4.72. The van der Waals surface area contributed by atoms with Crippen molar-refractivity contribution in [3.05, 3.63) is 0 Å². The zero-order valence-electron chi connectivity index (χ0n) is 9.42. The van der Waals surface area contributed by atoms with Crippen LogP contribution in [-0.4, -0.2) is 16.6 Å². The second kappa shape index (κ2) is 6.89. The van der Waals surface area contributed by atoms with Crippen LogP contribution in [0.5, 0.6) is 0 Å². The fourth-order valence-electron chi connectivity index (χ4n) is 0.214. The summed E-state index contributed by atoms with van der Waals surface area (Å²) in [5, 5.41) is 7.91. The monoisotopic (exact) mass is 189 g/mol. The van der Waals surface area contributed by atoms with Gasteiger partial charge in [-0.15, -0.1) is 0 Å². The van der Waals surface area contributed by atoms with Crippen molar-refractivity contribution in [3.8, 4) is 0 Å². The van der Waals surface area contributed by atoms with Crippen molar-refractivity contribution in [2.24, 2.45) is 11.7 Å². The van der Waals surface area contributed by atoms with Crippen LogP contribution in [0.1, 0.15) is 47.5 Å². The Morgan fingerprint density at radius 1 is 1.46 bits per heavy atom. The summed E-state index contributed by atoms with van der Waals surface area (Å²) in [6, 6.07) is 0. The van der Waals surface area contributed by atoms with Gasteiger partial charge in [0, 0.05) is 12.0 Å². The van der Waals surface area contributed by atoms with Crippen LogP contribution in [-0.2, 0) is 4.79 Å². The van der Waals surface area contributed by atoms with E-state index >= 15 is 0 Å². The molecule has 0 aromatic heterocycles. The summed E-state index contributed by atoms with van der Waals surface area (Å²) in [5.41, 5.74) is 5.68. The fourth-order valence-corrected chi connectivity index (χ4v) is 0.214. The van der Waals surface area contributed by atoms with Crippen LogP contribution < -0.4 is 5.73 Å². The lowest BCUT2D eigenvalue weighted by Crippen LogP contribution is -2.37. The second-order valence-corrected chi connectivity index (χ2v) is 4.12. The van der Waals surface area contributed by atoms with Crippen LogP contribution in [0.3, 0.4) is 0 Å². The SMILES string of the molecule is CC(C)C(C)(C)N.CCCC(=O)O. The largest absolute Gasteiger partial charge is 0.481 e. The lowest BCUT2D eigenvalue weighted by Gasteiger charge is -2.22. The summed E-state index contributed by atoms with van der Waals surface area (Å²) in [4.78, 5) is 9.60. The Morgan fingerprint density at radius 3 is 1.77 bits per heavy atom. The van der Waals surface area contributed by atoms with Crippen LogP contribution >= 0.6 is 0 Å². The number of hydrogen-bond acceptors (Lipinski definition) is 2. The molecular weight excluding hydrogens is 166 g/mol. The van der Waals surface area contributed by atoms with Crippen molar-refractivity contribution in [1.82, 2.24) is 0 Å². The fraction of sp³-hybridized carbons (Fsp3) is 0.900. The number of aliphatic carboxylic acids is 1. The van der Waals surface area contributed by atoms with Crippen LogP contribution in [0, 0.1) is 5.92 Å². The Labute approximate surface area is 81.3 Å². The molecule has 0 unspecified atom stereocenters. The average Bonchev–Trinajstić information content (AvgIpc) is 1.85. The number of rotatable bonds is 3. The highest BCUT2D eigenvalue weighted by Crippen LogP contribution is 2.09. The molecule has 3 nitrogen and oxygen atoms in total. The molecule has 13 heavy (non-hydrogen) atoms. The molecule has 0 fully saturated rings. The normalized spacial score (nSPS) is 10.7. The van der Waals surface area contributed by atoms with Gasteiger partial charge in [-0.25, -0.2) is 0 Å². The first-order chi connectivity index (χ1) is 5.71. The Kier molecular flexibility index (Phi) is 7.92. The molecule has 0 radical (unpaired) electrons. The molecule has 0 bridgehead atoms. The Hall–Kier alpha value is -0.570. The maximum atomic E-state index is 9.60. The van der Waals surface area contributed by atoms with Gasteiger partial charge in [0.05, 0.1) is 0 Å². The minimum Gasteiger partial charge on any atom is -0.481 e. The third-order valence-electron chi connectivity index (χ3n) is 1.95. The van der Waals surface area contributed by atoms with Gasteiger partial charge >= 0.3 is 5.97 Å². The molecule has 3 N–H and O–H groups in total. The van der Waals surface area contributed by atoms with Gasteiger partial charge in [0.15, 0.2) is 0 Å². The van der Waals surface area contributed by atoms with Crippen LogP contribution in [0.25, 0.3) is 0 Å². The smallest absolute Gasteiger partial charge is 0.303 e. The van der Waals surface area contributed by atoms with E-state index in [1.54, 1.807) is 0 Å². The van der Waals surface area contributed by atoms with Crippen molar-refractivity contribution in [2.45, 2.75) is 53.0 Å². The van der Waals surface area contributed by atoms with E-state index in [4.69, 9.17) is 10.8 Å². The van der Waals surface area contributed by atoms with E-state index in [1.807, 2.05) is 20.8 Å². The van der Waals surface area contributed by atoms with Gasteiger partial charge in [-0.1, -0.05) is 20.8 Å². The number of carboxylic acids is 1. The topological polar surface area (TPSA) is 63.3 Å². The Bertz CT molecular complexity index is 136. The molecule has 0 atom stereocenters. The van der Waals surface area contributed by atoms with Gasteiger partial charge in [-0.3, -0.25) is 4.79 Å². The standard InChI is InChI=1S/C6H15N.C4H8O2/c1-5(2)6(3,4)7;1-2-3-4(5)6/h5H,7H2,1-4H3;2-3H2,1H3,(H,5,6). The summed E-state index contributed by atoms with van der Waals surface area (Å²) in [5.74, 6) is -0.134. The third kappa shape index (κ3) is 14.3. The Balaban J connectivity index is 0. The minimum absolute atomic E-state index is 0. The molecule has 0 spiro atoms. The van der Waals surface area contributed by atoms with Gasteiger partial charge in [0.2, 0.25) is 0 Å². The lowest BCUT2D eigenvalue weighted by molar-refractivity contribution is -0.137. The zero-order chi connectivity index (χ0) is 11.1. The second-order valence-electron chi connectivity index (χ2n) is 4.12. The number of carbonyl (C=O) groups is 1. The molecule has 0 saturated heterocycles. The molecule has 0 aromatic carbocycles. The summed E-state index contributed by atoms with van der Waals surface area (Å²) in [6.07, 6.45) is 1.02.